The minimum absolute atomic E-state index is 0.179. The molecule has 8 nitrogen and oxygen atoms in total. The number of thiophene rings is 1. The van der Waals surface area contributed by atoms with Gasteiger partial charge in [-0.05, 0) is 29.6 Å². The molecule has 2 amide bonds. The summed E-state index contributed by atoms with van der Waals surface area (Å²) in [6.45, 7) is 0.890. The van der Waals surface area contributed by atoms with E-state index >= 15 is 0 Å². The molecule has 0 saturated carbocycles. The third kappa shape index (κ3) is 4.33. The molecule has 0 atom stereocenters. The zero-order valence-corrected chi connectivity index (χ0v) is 15.6. The van der Waals surface area contributed by atoms with Gasteiger partial charge in [-0.25, -0.2) is 12.8 Å². The minimum Gasteiger partial charge on any atom is -0.379 e. The first-order chi connectivity index (χ1) is 12.9. The number of morpholine rings is 1. The molecule has 144 valence electrons. The largest absolute Gasteiger partial charge is 0.379 e. The molecule has 2 N–H and O–H groups in total. The molecule has 1 aromatic heterocycles. The SMILES string of the molecule is O=C(NNC(=O)c1cc(S(=O)(=O)N2CCOCC2)ccc1F)c1cccs1. The number of nitrogens with zero attached hydrogens (tertiary/aromatic N) is 1. The molecule has 2 aromatic rings. The van der Waals surface area contributed by atoms with Crippen LogP contribution in [0.1, 0.15) is 20.0 Å². The van der Waals surface area contributed by atoms with Crippen molar-refractivity contribution in [2.24, 2.45) is 0 Å². The number of hydrogen-bond donors (Lipinski definition) is 2. The fourth-order valence-electron chi connectivity index (χ4n) is 2.43. The van der Waals surface area contributed by atoms with E-state index in [0.717, 1.165) is 18.2 Å². The van der Waals surface area contributed by atoms with E-state index in [-0.39, 0.29) is 31.2 Å². The summed E-state index contributed by atoms with van der Waals surface area (Å²) in [5.41, 5.74) is 3.76. The van der Waals surface area contributed by atoms with Gasteiger partial charge in [0.15, 0.2) is 0 Å². The highest BCUT2D eigenvalue weighted by atomic mass is 32.2. The summed E-state index contributed by atoms with van der Waals surface area (Å²) in [7, 11) is -3.88. The second kappa shape index (κ2) is 8.13. The van der Waals surface area contributed by atoms with E-state index in [4.69, 9.17) is 4.74 Å². The van der Waals surface area contributed by atoms with Gasteiger partial charge in [0, 0.05) is 13.1 Å². The van der Waals surface area contributed by atoms with Gasteiger partial charge in [-0.15, -0.1) is 11.3 Å². The number of nitrogens with one attached hydrogen (secondary N) is 2. The van der Waals surface area contributed by atoms with Gasteiger partial charge in [0.2, 0.25) is 10.0 Å². The number of carbonyl (C=O) groups excluding carboxylic acids is 2. The van der Waals surface area contributed by atoms with Crippen molar-refractivity contribution in [1.82, 2.24) is 15.2 Å². The van der Waals surface area contributed by atoms with Crippen molar-refractivity contribution >= 4 is 33.2 Å². The molecular weight excluding hydrogens is 397 g/mol. The van der Waals surface area contributed by atoms with Crippen molar-refractivity contribution < 1.29 is 27.1 Å². The van der Waals surface area contributed by atoms with Crippen molar-refractivity contribution in [3.8, 4) is 0 Å². The van der Waals surface area contributed by atoms with E-state index < -0.39 is 33.2 Å². The first-order valence-corrected chi connectivity index (χ1v) is 10.2. The molecule has 1 aromatic carbocycles. The van der Waals surface area contributed by atoms with Crippen molar-refractivity contribution in [3.63, 3.8) is 0 Å². The van der Waals surface area contributed by atoms with E-state index in [2.05, 4.69) is 10.9 Å². The normalized spacial score (nSPS) is 15.3. The summed E-state index contributed by atoms with van der Waals surface area (Å²) in [6.07, 6.45) is 0. The molecule has 27 heavy (non-hydrogen) atoms. The van der Waals surface area contributed by atoms with Crippen LogP contribution in [0.5, 0.6) is 0 Å². The van der Waals surface area contributed by atoms with Crippen molar-refractivity contribution in [1.29, 1.82) is 0 Å². The molecular formula is C16H16FN3O5S2. The number of benzene rings is 1. The lowest BCUT2D eigenvalue weighted by Crippen LogP contribution is -2.42. The Hall–Kier alpha value is -2.34. The second-order valence-corrected chi connectivity index (χ2v) is 8.43. The Kier molecular flexibility index (Phi) is 5.85. The Morgan fingerprint density at radius 2 is 1.81 bits per heavy atom. The van der Waals surface area contributed by atoms with Crippen LogP contribution < -0.4 is 10.9 Å². The van der Waals surface area contributed by atoms with Crippen LogP contribution in [0.15, 0.2) is 40.6 Å². The summed E-state index contributed by atoms with van der Waals surface area (Å²) >= 11 is 1.17. The predicted octanol–water partition coefficient (Wildman–Crippen LogP) is 0.983. The van der Waals surface area contributed by atoms with Gasteiger partial charge in [-0.3, -0.25) is 20.4 Å². The molecule has 0 spiro atoms. The Morgan fingerprint density at radius 3 is 2.48 bits per heavy atom. The van der Waals surface area contributed by atoms with Crippen LogP contribution in [-0.4, -0.2) is 50.8 Å². The number of amides is 2. The molecule has 0 radical (unpaired) electrons. The number of sulfonamides is 1. The summed E-state index contributed by atoms with van der Waals surface area (Å²) < 4.78 is 45.7. The minimum atomic E-state index is -3.88. The Morgan fingerprint density at radius 1 is 1.11 bits per heavy atom. The molecule has 1 aliphatic rings. The fraction of sp³-hybridized carbons (Fsp3) is 0.250. The van der Waals surface area contributed by atoms with E-state index in [1.54, 1.807) is 17.5 Å². The molecule has 1 fully saturated rings. The van der Waals surface area contributed by atoms with Crippen molar-refractivity contribution in [2.75, 3.05) is 26.3 Å². The maximum atomic E-state index is 14.0. The standard InChI is InChI=1S/C16H16FN3O5S2/c17-13-4-3-11(27(23,24)20-5-7-25-8-6-20)10-12(13)15(21)18-19-16(22)14-2-1-9-26-14/h1-4,9-10H,5-8H2,(H,18,21)(H,19,22). The van der Waals surface area contributed by atoms with Crippen LogP contribution in [0, 0.1) is 5.82 Å². The highest BCUT2D eigenvalue weighted by molar-refractivity contribution is 7.89. The number of halogens is 1. The van der Waals surface area contributed by atoms with Gasteiger partial charge in [0.1, 0.15) is 5.82 Å². The highest BCUT2D eigenvalue weighted by Crippen LogP contribution is 2.20. The summed E-state index contributed by atoms with van der Waals surface area (Å²) in [5.74, 6) is -2.42. The molecule has 0 unspecified atom stereocenters. The second-order valence-electron chi connectivity index (χ2n) is 5.54. The maximum absolute atomic E-state index is 14.0. The van der Waals surface area contributed by atoms with Crippen LogP contribution in [0.25, 0.3) is 0 Å². The number of rotatable bonds is 4. The average Bonchev–Trinajstić information content (AvgIpc) is 3.21. The third-order valence-corrected chi connectivity index (χ3v) is 6.59. The topological polar surface area (TPSA) is 105 Å². The van der Waals surface area contributed by atoms with Gasteiger partial charge in [-0.2, -0.15) is 4.31 Å². The average molecular weight is 413 g/mol. The van der Waals surface area contributed by atoms with E-state index in [1.165, 1.54) is 15.6 Å². The van der Waals surface area contributed by atoms with E-state index in [1.807, 2.05) is 0 Å². The summed E-state index contributed by atoms with van der Waals surface area (Å²) in [5, 5.41) is 1.69. The van der Waals surface area contributed by atoms with Gasteiger partial charge < -0.3 is 4.74 Å². The number of ether oxygens (including phenoxy) is 1. The first-order valence-electron chi connectivity index (χ1n) is 7.91. The maximum Gasteiger partial charge on any atom is 0.279 e. The smallest absolute Gasteiger partial charge is 0.279 e. The highest BCUT2D eigenvalue weighted by Gasteiger charge is 2.28. The van der Waals surface area contributed by atoms with Crippen LogP contribution in [-0.2, 0) is 14.8 Å². The molecule has 2 heterocycles. The lowest BCUT2D eigenvalue weighted by atomic mass is 10.2. The molecule has 3 rings (SSSR count). The summed E-state index contributed by atoms with van der Waals surface area (Å²) in [4.78, 5) is 24.2. The van der Waals surface area contributed by atoms with Crippen LogP contribution in [0.3, 0.4) is 0 Å². The molecule has 0 aliphatic carbocycles. The first kappa shape index (κ1) is 19.4. The molecule has 0 bridgehead atoms. The quantitative estimate of drug-likeness (QED) is 0.727. The van der Waals surface area contributed by atoms with Crippen molar-refractivity contribution in [2.45, 2.75) is 4.90 Å². The predicted molar refractivity (Wildman–Crippen MR) is 95.2 cm³/mol. The fourth-order valence-corrected chi connectivity index (χ4v) is 4.48. The lowest BCUT2D eigenvalue weighted by Gasteiger charge is -2.26. The molecule has 11 heteroatoms. The Bertz CT molecular complexity index is 941. The van der Waals surface area contributed by atoms with Gasteiger partial charge >= 0.3 is 0 Å². The lowest BCUT2D eigenvalue weighted by molar-refractivity contribution is 0.0730. The van der Waals surface area contributed by atoms with Gasteiger partial charge in [0.25, 0.3) is 11.8 Å². The molecule has 1 aliphatic heterocycles. The number of carbonyl (C=O) groups is 2. The van der Waals surface area contributed by atoms with Crippen LogP contribution in [0.2, 0.25) is 0 Å². The Balaban J connectivity index is 1.76. The van der Waals surface area contributed by atoms with Gasteiger partial charge in [0.05, 0.1) is 28.5 Å². The Labute approximate surface area is 159 Å². The third-order valence-electron chi connectivity index (χ3n) is 3.82. The molecule has 1 saturated heterocycles. The number of hydrogen-bond acceptors (Lipinski definition) is 6. The zero-order chi connectivity index (χ0) is 19.4. The summed E-state index contributed by atoms with van der Waals surface area (Å²) in [6, 6.07) is 6.18. The van der Waals surface area contributed by atoms with Gasteiger partial charge in [-0.1, -0.05) is 6.07 Å². The monoisotopic (exact) mass is 413 g/mol. The van der Waals surface area contributed by atoms with Crippen LogP contribution in [0.4, 0.5) is 4.39 Å². The van der Waals surface area contributed by atoms with E-state index in [9.17, 15) is 22.4 Å². The van der Waals surface area contributed by atoms with Crippen molar-refractivity contribution in [3.05, 3.63) is 52.0 Å². The van der Waals surface area contributed by atoms with E-state index in [0.29, 0.717) is 4.88 Å². The zero-order valence-electron chi connectivity index (χ0n) is 14.0. The van der Waals surface area contributed by atoms with Crippen LogP contribution >= 0.6 is 11.3 Å². The number of hydrazine groups is 1.